The number of aryl methyl sites for hydroxylation is 2. The summed E-state index contributed by atoms with van der Waals surface area (Å²) in [6.07, 6.45) is 2.32. The first-order chi connectivity index (χ1) is 7.72. The van der Waals surface area contributed by atoms with Gasteiger partial charge < -0.3 is 5.32 Å². The van der Waals surface area contributed by atoms with Gasteiger partial charge in [0.1, 0.15) is 0 Å². The standard InChI is InChI=1S/C12H15N3O/c1-9-4-3-5-11-10(9)8-14-15(11)7-6-12(16)13-2/h3-5,8H,6-7H2,1-2H3,(H,13,16). The van der Waals surface area contributed by atoms with Crippen molar-refractivity contribution in [2.24, 2.45) is 0 Å². The summed E-state index contributed by atoms with van der Waals surface area (Å²) in [5, 5.41) is 8.06. The summed E-state index contributed by atoms with van der Waals surface area (Å²) in [5.74, 6) is 0.0382. The largest absolute Gasteiger partial charge is 0.359 e. The highest BCUT2D eigenvalue weighted by Gasteiger charge is 2.05. The fourth-order valence-corrected chi connectivity index (χ4v) is 1.76. The molecular formula is C12H15N3O. The zero-order valence-electron chi connectivity index (χ0n) is 9.53. The van der Waals surface area contributed by atoms with Gasteiger partial charge in [0.15, 0.2) is 0 Å². The lowest BCUT2D eigenvalue weighted by Gasteiger charge is -2.03. The molecule has 1 amide bonds. The molecule has 0 radical (unpaired) electrons. The summed E-state index contributed by atoms with van der Waals surface area (Å²) in [4.78, 5) is 11.2. The first-order valence-corrected chi connectivity index (χ1v) is 5.34. The van der Waals surface area contributed by atoms with Crippen molar-refractivity contribution < 1.29 is 4.79 Å². The van der Waals surface area contributed by atoms with Gasteiger partial charge >= 0.3 is 0 Å². The molecule has 2 rings (SSSR count). The van der Waals surface area contributed by atoms with Crippen molar-refractivity contribution in [2.45, 2.75) is 19.9 Å². The van der Waals surface area contributed by atoms with Gasteiger partial charge in [-0.25, -0.2) is 0 Å². The van der Waals surface area contributed by atoms with Crippen LogP contribution in [0.3, 0.4) is 0 Å². The quantitative estimate of drug-likeness (QED) is 0.846. The Morgan fingerprint density at radius 3 is 3.06 bits per heavy atom. The van der Waals surface area contributed by atoms with Crippen LogP contribution in [0.15, 0.2) is 24.4 Å². The van der Waals surface area contributed by atoms with E-state index in [9.17, 15) is 4.79 Å². The Balaban J connectivity index is 2.25. The molecule has 0 saturated carbocycles. The number of nitrogens with zero attached hydrogens (tertiary/aromatic N) is 2. The highest BCUT2D eigenvalue weighted by Crippen LogP contribution is 2.17. The van der Waals surface area contributed by atoms with Crippen molar-refractivity contribution in [3.05, 3.63) is 30.0 Å². The fraction of sp³-hybridized carbons (Fsp3) is 0.333. The summed E-state index contributed by atoms with van der Waals surface area (Å²) < 4.78 is 1.87. The molecule has 1 aromatic carbocycles. The molecule has 16 heavy (non-hydrogen) atoms. The highest BCUT2D eigenvalue weighted by atomic mass is 16.1. The van der Waals surface area contributed by atoms with Crippen molar-refractivity contribution in [1.82, 2.24) is 15.1 Å². The molecule has 4 nitrogen and oxygen atoms in total. The molecule has 1 aromatic heterocycles. The van der Waals surface area contributed by atoms with E-state index >= 15 is 0 Å². The molecular weight excluding hydrogens is 202 g/mol. The van der Waals surface area contributed by atoms with Crippen molar-refractivity contribution >= 4 is 16.8 Å². The van der Waals surface area contributed by atoms with Crippen LogP contribution >= 0.6 is 0 Å². The normalized spacial score (nSPS) is 10.6. The minimum atomic E-state index is 0.0382. The van der Waals surface area contributed by atoms with Gasteiger partial charge in [0.05, 0.1) is 18.3 Å². The SMILES string of the molecule is CNC(=O)CCn1ncc2c(C)cccc21. The van der Waals surface area contributed by atoms with Crippen molar-refractivity contribution in [2.75, 3.05) is 7.05 Å². The lowest BCUT2D eigenvalue weighted by molar-refractivity contribution is -0.120. The molecule has 0 bridgehead atoms. The third-order valence-corrected chi connectivity index (χ3v) is 2.73. The number of carbonyl (C=O) groups is 1. The van der Waals surface area contributed by atoms with Crippen LogP contribution in [0.4, 0.5) is 0 Å². The van der Waals surface area contributed by atoms with E-state index in [0.717, 1.165) is 10.9 Å². The first kappa shape index (κ1) is 10.7. The monoisotopic (exact) mass is 217 g/mol. The van der Waals surface area contributed by atoms with Crippen LogP contribution in [-0.2, 0) is 11.3 Å². The lowest BCUT2D eigenvalue weighted by atomic mass is 10.1. The second-order valence-electron chi connectivity index (χ2n) is 3.80. The second-order valence-corrected chi connectivity index (χ2v) is 3.80. The molecule has 0 unspecified atom stereocenters. The van der Waals surface area contributed by atoms with Crippen LogP contribution in [0.2, 0.25) is 0 Å². The second kappa shape index (κ2) is 4.35. The van der Waals surface area contributed by atoms with Gasteiger partial charge in [0.25, 0.3) is 0 Å². The predicted octanol–water partition coefficient (Wildman–Crippen LogP) is 1.48. The number of fused-ring (bicyclic) bond motifs is 1. The number of amides is 1. The molecule has 0 aliphatic carbocycles. The Hall–Kier alpha value is -1.84. The molecule has 0 fully saturated rings. The lowest BCUT2D eigenvalue weighted by Crippen LogP contribution is -2.19. The molecule has 0 saturated heterocycles. The van der Waals surface area contributed by atoms with Gasteiger partial charge in [-0.1, -0.05) is 12.1 Å². The summed E-state index contributed by atoms with van der Waals surface area (Å²) in [7, 11) is 1.65. The summed E-state index contributed by atoms with van der Waals surface area (Å²) in [5.41, 5.74) is 2.30. The molecule has 84 valence electrons. The van der Waals surface area contributed by atoms with Crippen LogP contribution in [0.5, 0.6) is 0 Å². The van der Waals surface area contributed by atoms with Crippen molar-refractivity contribution in [3.63, 3.8) is 0 Å². The van der Waals surface area contributed by atoms with Crippen LogP contribution < -0.4 is 5.32 Å². The maximum Gasteiger partial charge on any atom is 0.221 e. The van der Waals surface area contributed by atoms with E-state index in [2.05, 4.69) is 23.4 Å². The van der Waals surface area contributed by atoms with E-state index in [1.807, 2.05) is 23.0 Å². The summed E-state index contributed by atoms with van der Waals surface area (Å²) >= 11 is 0. The number of rotatable bonds is 3. The molecule has 2 aromatic rings. The molecule has 1 heterocycles. The third-order valence-electron chi connectivity index (χ3n) is 2.73. The topological polar surface area (TPSA) is 46.9 Å². The van der Waals surface area contributed by atoms with E-state index in [0.29, 0.717) is 13.0 Å². The van der Waals surface area contributed by atoms with Crippen LogP contribution in [0, 0.1) is 6.92 Å². The van der Waals surface area contributed by atoms with Gasteiger partial charge in [0.2, 0.25) is 5.91 Å². The fourth-order valence-electron chi connectivity index (χ4n) is 1.76. The minimum absolute atomic E-state index is 0.0382. The average molecular weight is 217 g/mol. The number of nitrogens with one attached hydrogen (secondary N) is 1. The maximum atomic E-state index is 11.2. The number of hydrogen-bond donors (Lipinski definition) is 1. The van der Waals surface area contributed by atoms with Crippen molar-refractivity contribution in [1.29, 1.82) is 0 Å². The van der Waals surface area contributed by atoms with E-state index in [-0.39, 0.29) is 5.91 Å². The summed E-state index contributed by atoms with van der Waals surface area (Å²) in [6, 6.07) is 6.10. The number of aromatic nitrogens is 2. The molecule has 1 N–H and O–H groups in total. The highest BCUT2D eigenvalue weighted by molar-refractivity contribution is 5.82. The molecule has 0 atom stereocenters. The smallest absolute Gasteiger partial charge is 0.221 e. The first-order valence-electron chi connectivity index (χ1n) is 5.34. The van der Waals surface area contributed by atoms with Gasteiger partial charge in [-0.2, -0.15) is 5.10 Å². The zero-order valence-corrected chi connectivity index (χ0v) is 9.53. The van der Waals surface area contributed by atoms with E-state index in [1.54, 1.807) is 7.05 Å². The summed E-state index contributed by atoms with van der Waals surface area (Å²) in [6.45, 7) is 2.68. The van der Waals surface area contributed by atoms with Crippen LogP contribution in [-0.4, -0.2) is 22.7 Å². The minimum Gasteiger partial charge on any atom is -0.359 e. The van der Waals surface area contributed by atoms with Crippen LogP contribution in [0.25, 0.3) is 10.9 Å². The molecule has 0 aliphatic rings. The van der Waals surface area contributed by atoms with Crippen molar-refractivity contribution in [3.8, 4) is 0 Å². The Bertz CT molecular complexity index is 516. The van der Waals surface area contributed by atoms with Gasteiger partial charge in [-0.15, -0.1) is 0 Å². The molecule has 0 aliphatic heterocycles. The molecule has 0 spiro atoms. The third kappa shape index (κ3) is 1.91. The number of hydrogen-bond acceptors (Lipinski definition) is 2. The zero-order chi connectivity index (χ0) is 11.5. The number of benzene rings is 1. The van der Waals surface area contributed by atoms with E-state index < -0.39 is 0 Å². The van der Waals surface area contributed by atoms with Gasteiger partial charge in [0, 0.05) is 18.9 Å². The van der Waals surface area contributed by atoms with Gasteiger partial charge in [-0.3, -0.25) is 9.48 Å². The maximum absolute atomic E-state index is 11.2. The van der Waals surface area contributed by atoms with E-state index in [4.69, 9.17) is 0 Å². The Morgan fingerprint density at radius 1 is 1.50 bits per heavy atom. The van der Waals surface area contributed by atoms with E-state index in [1.165, 1.54) is 5.56 Å². The predicted molar refractivity (Wildman–Crippen MR) is 63.2 cm³/mol. The number of carbonyl (C=O) groups excluding carboxylic acids is 1. The Morgan fingerprint density at radius 2 is 2.31 bits per heavy atom. The average Bonchev–Trinajstić information content (AvgIpc) is 2.70. The van der Waals surface area contributed by atoms with Crippen LogP contribution in [0.1, 0.15) is 12.0 Å². The Kier molecular flexibility index (Phi) is 2.90. The Labute approximate surface area is 94.3 Å². The van der Waals surface area contributed by atoms with Gasteiger partial charge in [-0.05, 0) is 18.6 Å². The molecule has 4 heteroatoms.